The van der Waals surface area contributed by atoms with E-state index in [1.54, 1.807) is 33.1 Å². The van der Waals surface area contributed by atoms with Gasteiger partial charge in [0.15, 0.2) is 0 Å². The molecule has 0 saturated heterocycles. The van der Waals surface area contributed by atoms with E-state index in [2.05, 4.69) is 4.72 Å². The zero-order valence-corrected chi connectivity index (χ0v) is 19.1. The van der Waals surface area contributed by atoms with Gasteiger partial charge in [0.25, 0.3) is 0 Å². The fourth-order valence-corrected chi connectivity index (χ4v) is 4.18. The van der Waals surface area contributed by atoms with Crippen molar-refractivity contribution in [3.05, 3.63) is 78.4 Å². The Balaban J connectivity index is 1.60. The molecular formula is C25H27NO5S. The van der Waals surface area contributed by atoms with Gasteiger partial charge >= 0.3 is 5.97 Å². The standard InChI is InChI=1S/C25H27NO5S/c1-17(2)24(25(27)28)26-32(29)23-14-8-20(9-15-23)19-6-4-18(5-7-19)16-31-22-12-10-21(30-3)11-13-22/h4-15,17,24,26H,16H2,1-3H3,(H,27,28). The predicted octanol–water partition coefficient (Wildman–Crippen LogP) is 4.66. The molecule has 0 bridgehead atoms. The fourth-order valence-electron chi connectivity index (χ4n) is 3.06. The van der Waals surface area contributed by atoms with E-state index in [0.29, 0.717) is 11.5 Å². The van der Waals surface area contributed by atoms with E-state index in [-0.39, 0.29) is 5.92 Å². The molecule has 0 aliphatic rings. The fraction of sp³-hybridized carbons (Fsp3) is 0.240. The molecule has 3 rings (SSSR count). The molecular weight excluding hydrogens is 426 g/mol. The molecule has 2 atom stereocenters. The molecule has 2 unspecified atom stereocenters. The molecule has 0 aliphatic carbocycles. The van der Waals surface area contributed by atoms with Gasteiger partial charge in [-0.3, -0.25) is 4.79 Å². The molecule has 0 radical (unpaired) electrons. The summed E-state index contributed by atoms with van der Waals surface area (Å²) < 4.78 is 26.1. The number of methoxy groups -OCH3 is 1. The number of hydrogen-bond donors (Lipinski definition) is 2. The molecule has 0 heterocycles. The Morgan fingerprint density at radius 1 is 0.906 bits per heavy atom. The first-order valence-corrected chi connectivity index (χ1v) is 11.4. The average Bonchev–Trinajstić information content (AvgIpc) is 2.81. The van der Waals surface area contributed by atoms with Gasteiger partial charge in [-0.25, -0.2) is 8.93 Å². The van der Waals surface area contributed by atoms with E-state index >= 15 is 0 Å². The highest BCUT2D eigenvalue weighted by atomic mass is 32.2. The SMILES string of the molecule is COc1ccc(OCc2ccc(-c3ccc(S(=O)NC(C(=O)O)C(C)C)cc3)cc2)cc1. The van der Waals surface area contributed by atoms with Gasteiger partial charge in [0.1, 0.15) is 35.1 Å². The third-order valence-electron chi connectivity index (χ3n) is 4.99. The van der Waals surface area contributed by atoms with Crippen molar-refractivity contribution in [2.24, 2.45) is 5.92 Å². The van der Waals surface area contributed by atoms with Gasteiger partial charge in [0.05, 0.1) is 12.0 Å². The van der Waals surface area contributed by atoms with Crippen molar-refractivity contribution in [3.8, 4) is 22.6 Å². The van der Waals surface area contributed by atoms with E-state index in [0.717, 1.165) is 28.2 Å². The number of rotatable bonds is 10. The molecule has 0 fully saturated rings. The van der Waals surface area contributed by atoms with Gasteiger partial charge in [-0.2, -0.15) is 0 Å². The first kappa shape index (κ1) is 23.5. The van der Waals surface area contributed by atoms with Crippen LogP contribution >= 0.6 is 0 Å². The average molecular weight is 454 g/mol. The van der Waals surface area contributed by atoms with Crippen molar-refractivity contribution >= 4 is 17.0 Å². The van der Waals surface area contributed by atoms with Crippen LogP contribution < -0.4 is 14.2 Å². The zero-order valence-electron chi connectivity index (χ0n) is 18.3. The van der Waals surface area contributed by atoms with Gasteiger partial charge in [0, 0.05) is 0 Å². The third-order valence-corrected chi connectivity index (χ3v) is 6.16. The molecule has 0 spiro atoms. The monoisotopic (exact) mass is 453 g/mol. The summed E-state index contributed by atoms with van der Waals surface area (Å²) in [6, 6.07) is 21.9. The van der Waals surface area contributed by atoms with E-state index in [1.165, 1.54) is 0 Å². The van der Waals surface area contributed by atoms with Crippen molar-refractivity contribution in [2.75, 3.05) is 7.11 Å². The molecule has 32 heavy (non-hydrogen) atoms. The Morgan fingerprint density at radius 3 is 1.94 bits per heavy atom. The number of carboxylic acids is 1. The Morgan fingerprint density at radius 2 is 1.44 bits per heavy atom. The van der Waals surface area contributed by atoms with Crippen molar-refractivity contribution < 1.29 is 23.6 Å². The molecule has 0 aromatic heterocycles. The lowest BCUT2D eigenvalue weighted by molar-refractivity contribution is -0.140. The summed E-state index contributed by atoms with van der Waals surface area (Å²) in [4.78, 5) is 11.8. The molecule has 0 saturated carbocycles. The molecule has 168 valence electrons. The van der Waals surface area contributed by atoms with Gasteiger partial charge in [0.2, 0.25) is 0 Å². The van der Waals surface area contributed by atoms with Crippen LogP contribution in [0.1, 0.15) is 19.4 Å². The van der Waals surface area contributed by atoms with Crippen LogP contribution in [0.4, 0.5) is 0 Å². The van der Waals surface area contributed by atoms with Gasteiger partial charge in [-0.05, 0) is 59.0 Å². The minimum absolute atomic E-state index is 0.178. The van der Waals surface area contributed by atoms with Crippen LogP contribution in [0.3, 0.4) is 0 Å². The highest BCUT2D eigenvalue weighted by Gasteiger charge is 2.23. The summed E-state index contributed by atoms with van der Waals surface area (Å²) in [5.74, 6) is 0.368. The summed E-state index contributed by atoms with van der Waals surface area (Å²) in [7, 11) is 0.0264. The van der Waals surface area contributed by atoms with Gasteiger partial charge in [-0.1, -0.05) is 50.2 Å². The molecule has 6 nitrogen and oxygen atoms in total. The molecule has 3 aromatic carbocycles. The van der Waals surface area contributed by atoms with Crippen LogP contribution in [0.15, 0.2) is 77.7 Å². The minimum atomic E-state index is -1.60. The Hall–Kier alpha value is -3.16. The van der Waals surface area contributed by atoms with E-state index in [4.69, 9.17) is 9.47 Å². The molecule has 3 aromatic rings. The highest BCUT2D eigenvalue weighted by Crippen LogP contribution is 2.23. The topological polar surface area (TPSA) is 84.9 Å². The van der Waals surface area contributed by atoms with Crippen molar-refractivity contribution in [1.82, 2.24) is 4.72 Å². The maximum Gasteiger partial charge on any atom is 0.321 e. The lowest BCUT2D eigenvalue weighted by Crippen LogP contribution is -2.41. The summed E-state index contributed by atoms with van der Waals surface area (Å²) in [5, 5.41) is 9.27. The Labute approximate surface area is 190 Å². The van der Waals surface area contributed by atoms with Crippen LogP contribution in [-0.2, 0) is 22.4 Å². The maximum absolute atomic E-state index is 12.5. The van der Waals surface area contributed by atoms with Gasteiger partial charge in [-0.15, -0.1) is 0 Å². The quantitative estimate of drug-likeness (QED) is 0.466. The van der Waals surface area contributed by atoms with Crippen molar-refractivity contribution in [3.63, 3.8) is 0 Å². The largest absolute Gasteiger partial charge is 0.497 e. The molecule has 2 N–H and O–H groups in total. The lowest BCUT2D eigenvalue weighted by atomic mass is 10.0. The second-order valence-electron chi connectivity index (χ2n) is 7.63. The predicted molar refractivity (Wildman–Crippen MR) is 125 cm³/mol. The Kier molecular flexibility index (Phi) is 8.03. The summed E-state index contributed by atoms with van der Waals surface area (Å²) >= 11 is 0. The first-order chi connectivity index (χ1) is 15.4. The number of carbonyl (C=O) groups is 1. The third kappa shape index (κ3) is 6.18. The van der Waals surface area contributed by atoms with E-state index < -0.39 is 23.0 Å². The van der Waals surface area contributed by atoms with Crippen molar-refractivity contribution in [1.29, 1.82) is 0 Å². The smallest absolute Gasteiger partial charge is 0.321 e. The molecule has 7 heteroatoms. The van der Waals surface area contributed by atoms with Crippen LogP contribution in [0.25, 0.3) is 11.1 Å². The number of hydrogen-bond acceptors (Lipinski definition) is 4. The Bertz CT molecular complexity index is 1050. The molecule has 0 amide bonds. The first-order valence-electron chi connectivity index (χ1n) is 10.2. The molecule has 0 aliphatic heterocycles. The second kappa shape index (κ2) is 10.9. The second-order valence-corrected chi connectivity index (χ2v) is 8.88. The van der Waals surface area contributed by atoms with E-state index in [9.17, 15) is 14.1 Å². The number of nitrogens with one attached hydrogen (secondary N) is 1. The normalized spacial score (nSPS) is 12.9. The number of carboxylic acid groups (broad SMARTS) is 1. The van der Waals surface area contributed by atoms with Crippen molar-refractivity contribution in [2.45, 2.75) is 31.4 Å². The van der Waals surface area contributed by atoms with E-state index in [1.807, 2.05) is 60.7 Å². The summed E-state index contributed by atoms with van der Waals surface area (Å²) in [5.41, 5.74) is 3.04. The zero-order chi connectivity index (χ0) is 23.1. The summed E-state index contributed by atoms with van der Waals surface area (Å²) in [6.45, 7) is 4.01. The summed E-state index contributed by atoms with van der Waals surface area (Å²) in [6.07, 6.45) is 0. The number of benzene rings is 3. The highest BCUT2D eigenvalue weighted by molar-refractivity contribution is 7.83. The number of ether oxygens (including phenoxy) is 2. The maximum atomic E-state index is 12.5. The van der Waals surface area contributed by atoms with Crippen LogP contribution in [0.5, 0.6) is 11.5 Å². The van der Waals surface area contributed by atoms with Crippen LogP contribution in [0.2, 0.25) is 0 Å². The van der Waals surface area contributed by atoms with Crippen LogP contribution in [0, 0.1) is 5.92 Å². The lowest BCUT2D eigenvalue weighted by Gasteiger charge is -2.17. The van der Waals surface area contributed by atoms with Gasteiger partial charge < -0.3 is 14.6 Å². The van der Waals surface area contributed by atoms with Crippen LogP contribution in [-0.4, -0.2) is 28.4 Å². The number of aliphatic carboxylic acids is 1. The minimum Gasteiger partial charge on any atom is -0.497 e.